The number of hydrogen-bond acceptors (Lipinski definition) is 5. The van der Waals surface area contributed by atoms with Crippen molar-refractivity contribution in [3.63, 3.8) is 0 Å². The predicted molar refractivity (Wildman–Crippen MR) is 76.7 cm³/mol. The average molecular weight is 316 g/mol. The summed E-state index contributed by atoms with van der Waals surface area (Å²) in [6.07, 6.45) is 2.97. The average Bonchev–Trinajstić information content (AvgIpc) is 2.76. The summed E-state index contributed by atoms with van der Waals surface area (Å²) in [5.74, 6) is 0.0359. The SMILES string of the molecule is Cn1cc(S(=O)(=O)N2CCCC(CNC(N)=O)C2)c(N)n1. The van der Waals surface area contributed by atoms with Gasteiger partial charge in [0.2, 0.25) is 10.0 Å². The van der Waals surface area contributed by atoms with Gasteiger partial charge in [-0.25, -0.2) is 13.2 Å². The quantitative estimate of drug-likeness (QED) is 0.659. The third-order valence-corrected chi connectivity index (χ3v) is 5.37. The van der Waals surface area contributed by atoms with Gasteiger partial charge in [-0.05, 0) is 18.8 Å². The number of urea groups is 1. The van der Waals surface area contributed by atoms with Crippen LogP contribution in [0.15, 0.2) is 11.1 Å². The molecule has 9 nitrogen and oxygen atoms in total. The molecule has 1 saturated heterocycles. The molecule has 21 heavy (non-hydrogen) atoms. The standard InChI is InChI=1S/C11H20N6O3S/c1-16-7-9(10(12)15-16)21(19,20)17-4-2-3-8(6-17)5-14-11(13)18/h7-8H,2-6H2,1H3,(H2,12,15)(H3,13,14,18). The van der Waals surface area contributed by atoms with Crippen LogP contribution in [0.25, 0.3) is 0 Å². The minimum atomic E-state index is -3.66. The molecule has 118 valence electrons. The summed E-state index contributed by atoms with van der Waals surface area (Å²) in [6.45, 7) is 1.13. The predicted octanol–water partition coefficient (Wildman–Crippen LogP) is -0.929. The minimum Gasteiger partial charge on any atom is -0.381 e. The molecule has 1 fully saturated rings. The Balaban J connectivity index is 2.13. The van der Waals surface area contributed by atoms with Crippen molar-refractivity contribution in [3.8, 4) is 0 Å². The second kappa shape index (κ2) is 5.90. The Bertz CT molecular complexity index is 626. The number of aromatic nitrogens is 2. The molecule has 0 aliphatic carbocycles. The number of nitrogen functional groups attached to an aromatic ring is 1. The topological polar surface area (TPSA) is 136 Å². The van der Waals surface area contributed by atoms with E-state index in [0.717, 1.165) is 12.8 Å². The van der Waals surface area contributed by atoms with Crippen LogP contribution in [0.4, 0.5) is 10.6 Å². The lowest BCUT2D eigenvalue weighted by molar-refractivity contribution is 0.236. The lowest BCUT2D eigenvalue weighted by atomic mass is 10.00. The Morgan fingerprint density at radius 1 is 1.57 bits per heavy atom. The zero-order valence-corrected chi connectivity index (χ0v) is 12.6. The van der Waals surface area contributed by atoms with Crippen LogP contribution >= 0.6 is 0 Å². The van der Waals surface area contributed by atoms with Crippen molar-refractivity contribution in [3.05, 3.63) is 6.20 Å². The number of piperidine rings is 1. The van der Waals surface area contributed by atoms with Crippen LogP contribution in [-0.2, 0) is 17.1 Å². The fourth-order valence-corrected chi connectivity index (χ4v) is 4.12. The molecule has 10 heteroatoms. The number of hydrogen-bond donors (Lipinski definition) is 3. The molecule has 1 aromatic heterocycles. The zero-order chi connectivity index (χ0) is 15.6. The van der Waals surface area contributed by atoms with Crippen LogP contribution in [0.5, 0.6) is 0 Å². The molecule has 1 atom stereocenters. The van der Waals surface area contributed by atoms with Gasteiger partial charge in [-0.1, -0.05) is 0 Å². The molecule has 0 spiro atoms. The van der Waals surface area contributed by atoms with Crippen LogP contribution in [-0.4, -0.2) is 48.2 Å². The van der Waals surface area contributed by atoms with Gasteiger partial charge < -0.3 is 16.8 Å². The van der Waals surface area contributed by atoms with E-state index < -0.39 is 16.1 Å². The van der Waals surface area contributed by atoms with E-state index in [4.69, 9.17) is 11.5 Å². The highest BCUT2D eigenvalue weighted by Gasteiger charge is 2.32. The summed E-state index contributed by atoms with van der Waals surface area (Å²) in [6, 6.07) is -0.605. The number of carbonyl (C=O) groups is 1. The summed E-state index contributed by atoms with van der Waals surface area (Å²) in [5, 5.41) is 6.38. The number of amides is 2. The summed E-state index contributed by atoms with van der Waals surface area (Å²) in [4.78, 5) is 10.8. The smallest absolute Gasteiger partial charge is 0.312 e. The second-order valence-corrected chi connectivity index (χ2v) is 7.08. The number of sulfonamides is 1. The van der Waals surface area contributed by atoms with Gasteiger partial charge in [0.15, 0.2) is 5.82 Å². The van der Waals surface area contributed by atoms with Gasteiger partial charge in [0.05, 0.1) is 0 Å². The molecule has 2 amide bonds. The fraction of sp³-hybridized carbons (Fsp3) is 0.636. The molecule has 2 rings (SSSR count). The molecule has 0 radical (unpaired) electrons. The van der Waals surface area contributed by atoms with E-state index in [9.17, 15) is 13.2 Å². The number of carbonyl (C=O) groups excluding carboxylic acids is 1. The van der Waals surface area contributed by atoms with Gasteiger partial charge >= 0.3 is 6.03 Å². The third kappa shape index (κ3) is 3.45. The van der Waals surface area contributed by atoms with Crippen molar-refractivity contribution >= 4 is 21.9 Å². The first kappa shape index (κ1) is 15.6. The number of nitrogens with one attached hydrogen (secondary N) is 1. The molecule has 0 bridgehead atoms. The Morgan fingerprint density at radius 2 is 2.29 bits per heavy atom. The van der Waals surface area contributed by atoms with E-state index in [1.54, 1.807) is 7.05 Å². The van der Waals surface area contributed by atoms with Crippen LogP contribution < -0.4 is 16.8 Å². The van der Waals surface area contributed by atoms with E-state index in [0.29, 0.717) is 19.6 Å². The molecule has 1 aliphatic heterocycles. The normalized spacial score (nSPS) is 20.3. The van der Waals surface area contributed by atoms with E-state index in [-0.39, 0.29) is 16.6 Å². The maximum Gasteiger partial charge on any atom is 0.312 e. The maximum absolute atomic E-state index is 12.6. The number of nitrogens with two attached hydrogens (primary N) is 2. The zero-order valence-electron chi connectivity index (χ0n) is 11.8. The van der Waals surface area contributed by atoms with E-state index in [1.165, 1.54) is 15.2 Å². The van der Waals surface area contributed by atoms with Crippen LogP contribution in [0.1, 0.15) is 12.8 Å². The first-order valence-electron chi connectivity index (χ1n) is 6.63. The summed E-state index contributed by atoms with van der Waals surface area (Å²) >= 11 is 0. The summed E-state index contributed by atoms with van der Waals surface area (Å²) in [7, 11) is -2.05. The van der Waals surface area contributed by atoms with Gasteiger partial charge in [-0.2, -0.15) is 9.40 Å². The Kier molecular flexibility index (Phi) is 4.37. The lowest BCUT2D eigenvalue weighted by Gasteiger charge is -2.31. The number of primary amides is 1. The van der Waals surface area contributed by atoms with Crippen LogP contribution in [0, 0.1) is 5.92 Å². The Hall–Kier alpha value is -1.81. The van der Waals surface area contributed by atoms with E-state index >= 15 is 0 Å². The van der Waals surface area contributed by atoms with Gasteiger partial charge in [0, 0.05) is 32.9 Å². The molecule has 5 N–H and O–H groups in total. The van der Waals surface area contributed by atoms with Crippen molar-refractivity contribution in [1.82, 2.24) is 19.4 Å². The molecule has 2 heterocycles. The Morgan fingerprint density at radius 3 is 2.86 bits per heavy atom. The molecular formula is C11H20N6O3S. The molecule has 0 aromatic carbocycles. The van der Waals surface area contributed by atoms with Crippen LogP contribution in [0.2, 0.25) is 0 Å². The number of nitrogens with zero attached hydrogens (tertiary/aromatic N) is 3. The number of rotatable bonds is 4. The second-order valence-electron chi connectivity index (χ2n) is 5.17. The lowest BCUT2D eigenvalue weighted by Crippen LogP contribution is -2.44. The fourth-order valence-electron chi connectivity index (χ4n) is 2.48. The van der Waals surface area contributed by atoms with Gasteiger partial charge in [0.25, 0.3) is 0 Å². The largest absolute Gasteiger partial charge is 0.381 e. The summed E-state index contributed by atoms with van der Waals surface area (Å²) < 4.78 is 27.9. The number of aryl methyl sites for hydroxylation is 1. The molecule has 1 aliphatic rings. The van der Waals surface area contributed by atoms with Gasteiger partial charge in [0.1, 0.15) is 4.90 Å². The van der Waals surface area contributed by atoms with Crippen LogP contribution in [0.3, 0.4) is 0 Å². The van der Waals surface area contributed by atoms with E-state index in [2.05, 4.69) is 10.4 Å². The maximum atomic E-state index is 12.6. The van der Waals surface area contributed by atoms with Gasteiger partial charge in [-0.15, -0.1) is 0 Å². The van der Waals surface area contributed by atoms with Gasteiger partial charge in [-0.3, -0.25) is 4.68 Å². The first-order chi connectivity index (χ1) is 9.80. The molecule has 0 saturated carbocycles. The highest BCUT2D eigenvalue weighted by Crippen LogP contribution is 2.25. The monoisotopic (exact) mass is 316 g/mol. The first-order valence-corrected chi connectivity index (χ1v) is 8.07. The van der Waals surface area contributed by atoms with Crippen molar-refractivity contribution in [2.75, 3.05) is 25.4 Å². The molecular weight excluding hydrogens is 296 g/mol. The highest BCUT2D eigenvalue weighted by molar-refractivity contribution is 7.89. The summed E-state index contributed by atoms with van der Waals surface area (Å²) in [5.41, 5.74) is 10.7. The minimum absolute atomic E-state index is 0.00474. The number of anilines is 1. The molecule has 1 unspecified atom stereocenters. The van der Waals surface area contributed by atoms with Crippen molar-refractivity contribution in [2.45, 2.75) is 17.7 Å². The van der Waals surface area contributed by atoms with Crippen molar-refractivity contribution in [2.24, 2.45) is 18.7 Å². The van der Waals surface area contributed by atoms with E-state index in [1.807, 2.05) is 0 Å². The van der Waals surface area contributed by atoms with Crippen molar-refractivity contribution in [1.29, 1.82) is 0 Å². The van der Waals surface area contributed by atoms with Crippen molar-refractivity contribution < 1.29 is 13.2 Å². The third-order valence-electron chi connectivity index (χ3n) is 3.49. The Labute approximate surface area is 123 Å². The highest BCUT2D eigenvalue weighted by atomic mass is 32.2. The molecule has 1 aromatic rings.